The molecule has 220 valence electrons. The van der Waals surface area contributed by atoms with E-state index in [9.17, 15) is 14.4 Å². The van der Waals surface area contributed by atoms with Crippen LogP contribution in [0.25, 0.3) is 16.0 Å². The summed E-state index contributed by atoms with van der Waals surface area (Å²) in [5.74, 6) is -0.0242. The molecule has 1 saturated carbocycles. The van der Waals surface area contributed by atoms with Gasteiger partial charge in [-0.2, -0.15) is 0 Å². The maximum Gasteiger partial charge on any atom is 0.302 e. The van der Waals surface area contributed by atoms with E-state index in [0.717, 1.165) is 35.2 Å². The van der Waals surface area contributed by atoms with Crippen molar-refractivity contribution in [2.24, 2.45) is 5.92 Å². The fourth-order valence-electron chi connectivity index (χ4n) is 6.24. The van der Waals surface area contributed by atoms with Crippen molar-refractivity contribution in [2.45, 2.75) is 63.3 Å². The zero-order valence-electron chi connectivity index (χ0n) is 24.6. The predicted molar refractivity (Wildman–Crippen MR) is 162 cm³/mol. The van der Waals surface area contributed by atoms with Crippen LogP contribution in [0, 0.1) is 12.5 Å². The first kappa shape index (κ1) is 28.4. The third kappa shape index (κ3) is 5.22. The summed E-state index contributed by atoms with van der Waals surface area (Å²) in [4.78, 5) is 52.6. The van der Waals surface area contributed by atoms with Gasteiger partial charge in [0.2, 0.25) is 5.91 Å². The quantitative estimate of drug-likeness (QED) is 0.374. The first-order valence-corrected chi connectivity index (χ1v) is 14.8. The molecule has 1 N–H and O–H groups in total. The Bertz CT molecular complexity index is 1610. The van der Waals surface area contributed by atoms with E-state index in [2.05, 4.69) is 15.1 Å². The molecule has 0 unspecified atom stereocenters. The molecule has 2 aromatic carbocycles. The molecule has 1 aliphatic carbocycles. The number of hydrogen-bond acceptors (Lipinski definition) is 5. The number of carbonyl (C=O) groups excluding carboxylic acids is 3. The number of nitrogens with one attached hydrogen (secondary N) is 1. The van der Waals surface area contributed by atoms with Gasteiger partial charge < -0.3 is 15.0 Å². The lowest BCUT2D eigenvalue weighted by Gasteiger charge is -2.32. The Morgan fingerprint density at radius 3 is 2.67 bits per heavy atom. The molecule has 6 rings (SSSR count). The van der Waals surface area contributed by atoms with Crippen LogP contribution in [-0.2, 0) is 15.0 Å². The molecular weight excluding hydrogens is 542 g/mol. The summed E-state index contributed by atoms with van der Waals surface area (Å²) in [5, 5.41) is 2.94. The molecule has 0 radical (unpaired) electrons. The van der Waals surface area contributed by atoms with E-state index in [4.69, 9.17) is 11.3 Å². The van der Waals surface area contributed by atoms with E-state index in [1.165, 1.54) is 9.80 Å². The van der Waals surface area contributed by atoms with Crippen LogP contribution in [0.1, 0.15) is 55.5 Å². The number of rotatable bonds is 8. The summed E-state index contributed by atoms with van der Waals surface area (Å²) < 4.78 is 6.14. The van der Waals surface area contributed by atoms with Crippen molar-refractivity contribution in [1.82, 2.24) is 14.8 Å². The smallest absolute Gasteiger partial charge is 0.302 e. The number of nitrogens with zero attached hydrogens (tertiary/aromatic N) is 4. The van der Waals surface area contributed by atoms with Gasteiger partial charge in [0.15, 0.2) is 0 Å². The number of carbonyl (C=O) groups is 3. The first-order chi connectivity index (χ1) is 20.7. The number of hydrogen-bond donors (Lipinski definition) is 1. The number of fused-ring (bicyclic) bond motifs is 2. The van der Waals surface area contributed by atoms with Crippen LogP contribution in [0.5, 0.6) is 5.75 Å². The molecule has 43 heavy (non-hydrogen) atoms. The highest BCUT2D eigenvalue weighted by Gasteiger charge is 2.59. The van der Waals surface area contributed by atoms with Crippen LogP contribution < -0.4 is 10.1 Å². The van der Waals surface area contributed by atoms with Crippen LogP contribution in [-0.4, -0.2) is 64.4 Å². The van der Waals surface area contributed by atoms with Crippen molar-refractivity contribution < 1.29 is 19.1 Å². The molecule has 3 heterocycles. The van der Waals surface area contributed by atoms with Gasteiger partial charge in [0.25, 0.3) is 11.8 Å². The van der Waals surface area contributed by atoms with Crippen molar-refractivity contribution >= 4 is 23.4 Å². The minimum atomic E-state index is -0.984. The molecule has 2 aliphatic heterocycles. The molecule has 0 bridgehead atoms. The van der Waals surface area contributed by atoms with Gasteiger partial charge in [0.1, 0.15) is 17.2 Å². The molecule has 1 spiro atoms. The zero-order chi connectivity index (χ0) is 30.3. The van der Waals surface area contributed by atoms with Crippen LogP contribution >= 0.6 is 0 Å². The molecule has 9 nitrogen and oxygen atoms in total. The normalized spacial score (nSPS) is 21.3. The van der Waals surface area contributed by atoms with Crippen LogP contribution in [0.3, 0.4) is 0 Å². The van der Waals surface area contributed by atoms with E-state index in [-0.39, 0.29) is 42.7 Å². The van der Waals surface area contributed by atoms with Gasteiger partial charge >= 0.3 is 6.17 Å². The van der Waals surface area contributed by atoms with Gasteiger partial charge in [-0.3, -0.25) is 29.1 Å². The van der Waals surface area contributed by atoms with Crippen molar-refractivity contribution in [2.75, 3.05) is 18.9 Å². The van der Waals surface area contributed by atoms with Crippen molar-refractivity contribution in [3.8, 4) is 16.9 Å². The van der Waals surface area contributed by atoms with Gasteiger partial charge in [-0.05, 0) is 61.1 Å². The average Bonchev–Trinajstić information content (AvgIpc) is 3.68. The lowest BCUT2D eigenvalue weighted by atomic mass is 9.80. The average molecular weight is 578 g/mol. The second-order valence-corrected chi connectivity index (χ2v) is 12.2. The number of likely N-dealkylation sites (N-methyl/N-ethyl adjacent to an activating group) is 1. The minimum absolute atomic E-state index is 0.0940. The van der Waals surface area contributed by atoms with Crippen LogP contribution in [0.2, 0.25) is 0 Å². The SMILES string of the molecule is [C-]#[N+][C@@H]1C[C@@]2(CN1C(=O)[C@H](CC(C)C)N(C)C(=O)c1ccc(OC3CC3)c(-c3cccnc3)c1)C(=O)Nc1ccccc12. The molecule has 1 aromatic heterocycles. The Balaban J connectivity index is 1.30. The molecule has 3 aromatic rings. The summed E-state index contributed by atoms with van der Waals surface area (Å²) in [6, 6.07) is 15.8. The lowest BCUT2D eigenvalue weighted by Crippen LogP contribution is -2.51. The number of pyridine rings is 1. The monoisotopic (exact) mass is 577 g/mol. The van der Waals surface area contributed by atoms with E-state index in [0.29, 0.717) is 17.7 Å². The van der Waals surface area contributed by atoms with Gasteiger partial charge in [0.05, 0.1) is 12.5 Å². The molecule has 3 atom stereocenters. The maximum atomic E-state index is 14.3. The predicted octanol–water partition coefficient (Wildman–Crippen LogP) is 5.14. The fourth-order valence-corrected chi connectivity index (χ4v) is 6.24. The molecule has 1 saturated heterocycles. The largest absolute Gasteiger partial charge is 0.490 e. The standard InChI is InChI=1S/C34H35N5O4/c1-21(2)16-28(32(41)39-20-34(18-30(39)35-3)26-9-5-6-10-27(26)37-33(34)42)38(4)31(40)22-11-14-29(43-24-12-13-24)25(17-22)23-8-7-15-36-19-23/h5-11,14-15,17,19,21,24,28,30H,12-13,16,18,20H2,1-2,4H3,(H,37,42)/t28-,30-,34-/m0/s1. The number of ether oxygens (including phenoxy) is 1. The third-order valence-corrected chi connectivity index (χ3v) is 8.67. The highest BCUT2D eigenvalue weighted by Crippen LogP contribution is 2.47. The summed E-state index contributed by atoms with van der Waals surface area (Å²) in [7, 11) is 1.64. The summed E-state index contributed by atoms with van der Waals surface area (Å²) in [6.07, 6.45) is 5.45. The number of para-hydroxylation sites is 1. The van der Waals surface area contributed by atoms with Gasteiger partial charge in [-0.1, -0.05) is 38.1 Å². The van der Waals surface area contributed by atoms with Gasteiger partial charge in [-0.25, -0.2) is 6.57 Å². The number of benzene rings is 2. The number of likely N-dealkylation sites (tertiary alicyclic amines) is 1. The highest BCUT2D eigenvalue weighted by atomic mass is 16.5. The molecular formula is C34H35N5O4. The second kappa shape index (κ2) is 11.2. The maximum absolute atomic E-state index is 14.3. The molecule has 3 aliphatic rings. The van der Waals surface area contributed by atoms with Gasteiger partial charge in [-0.15, -0.1) is 0 Å². The highest BCUT2D eigenvalue weighted by molar-refractivity contribution is 6.07. The van der Waals surface area contributed by atoms with E-state index in [1.807, 2.05) is 56.3 Å². The third-order valence-electron chi connectivity index (χ3n) is 8.67. The number of amides is 3. The van der Waals surface area contributed by atoms with Crippen LogP contribution in [0.15, 0.2) is 67.0 Å². The summed E-state index contributed by atoms with van der Waals surface area (Å²) in [5.41, 5.74) is 2.58. The van der Waals surface area contributed by atoms with E-state index >= 15 is 0 Å². The van der Waals surface area contributed by atoms with Crippen LogP contribution in [0.4, 0.5) is 5.69 Å². The topological polar surface area (TPSA) is 96.2 Å². The minimum Gasteiger partial charge on any atom is -0.490 e. The zero-order valence-corrected chi connectivity index (χ0v) is 24.6. The van der Waals surface area contributed by atoms with E-state index in [1.54, 1.807) is 31.6 Å². The molecule has 3 amide bonds. The van der Waals surface area contributed by atoms with E-state index < -0.39 is 17.6 Å². The van der Waals surface area contributed by atoms with Crippen molar-refractivity contribution in [1.29, 1.82) is 0 Å². The van der Waals surface area contributed by atoms with Crippen molar-refractivity contribution in [3.63, 3.8) is 0 Å². The molecule has 2 fully saturated rings. The van der Waals surface area contributed by atoms with Crippen molar-refractivity contribution in [3.05, 3.63) is 89.5 Å². The number of aromatic nitrogens is 1. The van der Waals surface area contributed by atoms with Gasteiger partial charge in [0, 0.05) is 48.4 Å². The Kier molecular flexibility index (Phi) is 7.38. The lowest BCUT2D eigenvalue weighted by molar-refractivity contribution is -0.136. The Morgan fingerprint density at radius 2 is 1.98 bits per heavy atom. The number of anilines is 1. The Morgan fingerprint density at radius 1 is 1.19 bits per heavy atom. The molecule has 9 heteroatoms. The Labute approximate surface area is 251 Å². The fraction of sp³-hybridized carbons (Fsp3) is 0.382. The summed E-state index contributed by atoms with van der Waals surface area (Å²) in [6.45, 7) is 12.0. The summed E-state index contributed by atoms with van der Waals surface area (Å²) >= 11 is 0. The Hall–Kier alpha value is -4.71. The second-order valence-electron chi connectivity index (χ2n) is 12.2. The first-order valence-electron chi connectivity index (χ1n) is 14.8.